The van der Waals surface area contributed by atoms with Crippen LogP contribution in [0.1, 0.15) is 23.3 Å². The number of carbonyl (C=O) groups excluding carboxylic acids is 1. The maximum absolute atomic E-state index is 12.3. The summed E-state index contributed by atoms with van der Waals surface area (Å²) in [7, 11) is 0. The number of H-pyrrole nitrogens is 1. The van der Waals surface area contributed by atoms with Gasteiger partial charge in [0.25, 0.3) is 0 Å². The average molecular weight is 330 g/mol. The van der Waals surface area contributed by atoms with Crippen molar-refractivity contribution >= 4 is 5.91 Å². The standard InChI is InChI=1S/C17H22N4O3/c1-13-18-17(20-19-13)15-11-21(8-10-24-15)16(22)12-23-9-7-14-5-3-2-4-6-14/h2-6,15H,7-12H2,1H3,(H,18,19,20)/t15-/m1/s1. The number of aromatic amines is 1. The Morgan fingerprint density at radius 1 is 1.42 bits per heavy atom. The SMILES string of the molecule is Cc1nc([C@H]2CN(C(=O)COCCc3ccccc3)CCO2)n[nH]1. The molecule has 1 saturated heterocycles. The van der Waals surface area contributed by atoms with Crippen molar-refractivity contribution in [1.29, 1.82) is 0 Å². The summed E-state index contributed by atoms with van der Waals surface area (Å²) >= 11 is 0. The number of aromatic nitrogens is 3. The number of morpholine rings is 1. The van der Waals surface area contributed by atoms with E-state index in [1.807, 2.05) is 25.1 Å². The van der Waals surface area contributed by atoms with Gasteiger partial charge in [0.05, 0.1) is 19.8 Å². The first kappa shape index (κ1) is 16.6. The highest BCUT2D eigenvalue weighted by molar-refractivity contribution is 5.77. The van der Waals surface area contributed by atoms with E-state index >= 15 is 0 Å². The Kier molecular flexibility index (Phi) is 5.55. The number of nitrogens with one attached hydrogen (secondary N) is 1. The molecule has 24 heavy (non-hydrogen) atoms. The summed E-state index contributed by atoms with van der Waals surface area (Å²) in [6, 6.07) is 10.1. The van der Waals surface area contributed by atoms with Crippen LogP contribution in [0.15, 0.2) is 30.3 Å². The molecular weight excluding hydrogens is 308 g/mol. The zero-order valence-corrected chi connectivity index (χ0v) is 13.8. The van der Waals surface area contributed by atoms with Gasteiger partial charge < -0.3 is 14.4 Å². The van der Waals surface area contributed by atoms with Gasteiger partial charge in [-0.2, -0.15) is 5.10 Å². The van der Waals surface area contributed by atoms with Crippen LogP contribution < -0.4 is 0 Å². The first-order chi connectivity index (χ1) is 11.7. The van der Waals surface area contributed by atoms with Crippen molar-refractivity contribution in [2.75, 3.05) is 32.9 Å². The lowest BCUT2D eigenvalue weighted by molar-refractivity contribution is -0.144. The normalized spacial score (nSPS) is 17.9. The molecule has 0 unspecified atom stereocenters. The van der Waals surface area contributed by atoms with Crippen LogP contribution in [-0.2, 0) is 20.7 Å². The lowest BCUT2D eigenvalue weighted by Crippen LogP contribution is -2.44. The van der Waals surface area contributed by atoms with Crippen LogP contribution in [0.3, 0.4) is 0 Å². The van der Waals surface area contributed by atoms with E-state index in [-0.39, 0.29) is 18.6 Å². The summed E-state index contributed by atoms with van der Waals surface area (Å²) < 4.78 is 11.2. The zero-order valence-electron chi connectivity index (χ0n) is 13.8. The fourth-order valence-corrected chi connectivity index (χ4v) is 2.62. The minimum absolute atomic E-state index is 0.0244. The fraction of sp³-hybridized carbons (Fsp3) is 0.471. The predicted molar refractivity (Wildman–Crippen MR) is 87.4 cm³/mol. The number of ether oxygens (including phenoxy) is 2. The monoisotopic (exact) mass is 330 g/mol. The van der Waals surface area contributed by atoms with E-state index < -0.39 is 0 Å². The predicted octanol–water partition coefficient (Wildman–Crippen LogP) is 1.27. The molecule has 1 fully saturated rings. The van der Waals surface area contributed by atoms with Crippen LogP contribution in [0.2, 0.25) is 0 Å². The molecule has 0 aliphatic carbocycles. The second-order valence-corrected chi connectivity index (χ2v) is 5.77. The van der Waals surface area contributed by atoms with Gasteiger partial charge in [-0.05, 0) is 18.9 Å². The van der Waals surface area contributed by atoms with Crippen LogP contribution >= 0.6 is 0 Å². The Labute approximate surface area is 141 Å². The van der Waals surface area contributed by atoms with Gasteiger partial charge in [-0.1, -0.05) is 30.3 Å². The van der Waals surface area contributed by atoms with Gasteiger partial charge in [0, 0.05) is 6.54 Å². The van der Waals surface area contributed by atoms with Crippen molar-refractivity contribution in [3.63, 3.8) is 0 Å². The van der Waals surface area contributed by atoms with Gasteiger partial charge in [0.2, 0.25) is 5.91 Å². The Bertz CT molecular complexity index is 659. The van der Waals surface area contributed by atoms with Crippen molar-refractivity contribution in [2.45, 2.75) is 19.4 Å². The molecule has 0 saturated carbocycles. The van der Waals surface area contributed by atoms with E-state index in [9.17, 15) is 4.79 Å². The molecule has 0 spiro atoms. The highest BCUT2D eigenvalue weighted by Gasteiger charge is 2.27. The third kappa shape index (κ3) is 4.39. The number of carbonyl (C=O) groups is 1. The molecular formula is C17H22N4O3. The summed E-state index contributed by atoms with van der Waals surface area (Å²) in [6.07, 6.45) is 0.521. The summed E-state index contributed by atoms with van der Waals surface area (Å²) in [6.45, 7) is 3.96. The molecule has 1 aromatic carbocycles. The van der Waals surface area contributed by atoms with Gasteiger partial charge >= 0.3 is 0 Å². The number of nitrogens with zero attached hydrogens (tertiary/aromatic N) is 3. The third-order valence-corrected chi connectivity index (χ3v) is 3.93. The van der Waals surface area contributed by atoms with Gasteiger partial charge in [-0.15, -0.1) is 0 Å². The number of rotatable bonds is 6. The topological polar surface area (TPSA) is 80.3 Å². The number of aryl methyl sites for hydroxylation is 1. The molecule has 3 rings (SSSR count). The molecule has 7 heteroatoms. The molecule has 1 aliphatic rings. The lowest BCUT2D eigenvalue weighted by Gasteiger charge is -2.31. The maximum atomic E-state index is 12.3. The minimum Gasteiger partial charge on any atom is -0.371 e. The Hall–Kier alpha value is -2.25. The van der Waals surface area contributed by atoms with Crippen molar-refractivity contribution in [3.05, 3.63) is 47.5 Å². The van der Waals surface area contributed by atoms with Gasteiger partial charge in [0.15, 0.2) is 5.82 Å². The summed E-state index contributed by atoms with van der Waals surface area (Å²) in [5.74, 6) is 1.31. The van der Waals surface area contributed by atoms with Crippen LogP contribution in [0, 0.1) is 6.92 Å². The van der Waals surface area contributed by atoms with E-state index in [1.165, 1.54) is 5.56 Å². The van der Waals surface area contributed by atoms with Gasteiger partial charge in [-0.25, -0.2) is 4.98 Å². The largest absolute Gasteiger partial charge is 0.371 e. The van der Waals surface area contributed by atoms with Crippen molar-refractivity contribution in [3.8, 4) is 0 Å². The Morgan fingerprint density at radius 3 is 3.00 bits per heavy atom. The quantitative estimate of drug-likeness (QED) is 0.807. The van der Waals surface area contributed by atoms with Crippen molar-refractivity contribution < 1.29 is 14.3 Å². The van der Waals surface area contributed by atoms with E-state index in [0.717, 1.165) is 12.2 Å². The van der Waals surface area contributed by atoms with Gasteiger partial charge in [0.1, 0.15) is 18.5 Å². The molecule has 1 aromatic heterocycles. The summed E-state index contributed by atoms with van der Waals surface area (Å²) in [5, 5.41) is 6.91. The van der Waals surface area contributed by atoms with Crippen LogP contribution in [-0.4, -0.2) is 58.9 Å². The third-order valence-electron chi connectivity index (χ3n) is 3.93. The number of hydrogen-bond acceptors (Lipinski definition) is 5. The second-order valence-electron chi connectivity index (χ2n) is 5.77. The molecule has 2 heterocycles. The van der Waals surface area contributed by atoms with Crippen LogP contribution in [0.4, 0.5) is 0 Å². The molecule has 2 aromatic rings. The Morgan fingerprint density at radius 2 is 2.25 bits per heavy atom. The van der Waals surface area contributed by atoms with Crippen molar-refractivity contribution in [2.24, 2.45) is 0 Å². The summed E-state index contributed by atoms with van der Waals surface area (Å²) in [4.78, 5) is 18.3. The molecule has 1 atom stereocenters. The number of amides is 1. The molecule has 0 radical (unpaired) electrons. The molecule has 1 aliphatic heterocycles. The molecule has 0 bridgehead atoms. The smallest absolute Gasteiger partial charge is 0.248 e. The van der Waals surface area contributed by atoms with Crippen LogP contribution in [0.5, 0.6) is 0 Å². The molecule has 7 nitrogen and oxygen atoms in total. The fourth-order valence-electron chi connectivity index (χ4n) is 2.62. The van der Waals surface area contributed by atoms with E-state index in [2.05, 4.69) is 27.3 Å². The molecule has 1 amide bonds. The average Bonchev–Trinajstić information content (AvgIpc) is 3.06. The maximum Gasteiger partial charge on any atom is 0.248 e. The van der Waals surface area contributed by atoms with E-state index in [0.29, 0.717) is 32.1 Å². The number of benzene rings is 1. The van der Waals surface area contributed by atoms with Crippen LogP contribution in [0.25, 0.3) is 0 Å². The van der Waals surface area contributed by atoms with E-state index in [1.54, 1.807) is 4.90 Å². The number of hydrogen-bond donors (Lipinski definition) is 1. The minimum atomic E-state index is -0.281. The molecule has 1 N–H and O–H groups in total. The summed E-state index contributed by atoms with van der Waals surface area (Å²) in [5.41, 5.74) is 1.20. The highest BCUT2D eigenvalue weighted by Crippen LogP contribution is 2.19. The second kappa shape index (κ2) is 8.03. The first-order valence-corrected chi connectivity index (χ1v) is 8.12. The zero-order chi connectivity index (χ0) is 16.8. The van der Waals surface area contributed by atoms with E-state index in [4.69, 9.17) is 9.47 Å². The van der Waals surface area contributed by atoms with Gasteiger partial charge in [-0.3, -0.25) is 9.89 Å². The highest BCUT2D eigenvalue weighted by atomic mass is 16.5. The molecule has 128 valence electrons. The lowest BCUT2D eigenvalue weighted by atomic mass is 10.2. The Balaban J connectivity index is 1.43. The van der Waals surface area contributed by atoms with Crippen molar-refractivity contribution in [1.82, 2.24) is 20.1 Å². The first-order valence-electron chi connectivity index (χ1n) is 8.12.